The summed E-state index contributed by atoms with van der Waals surface area (Å²) >= 11 is 3.55. The number of rotatable bonds is 6. The van der Waals surface area contributed by atoms with E-state index < -0.39 is 0 Å². The molecule has 1 N–H and O–H groups in total. The van der Waals surface area contributed by atoms with E-state index in [0.29, 0.717) is 12.0 Å². The topological polar surface area (TPSA) is 24.9 Å². The molecule has 1 unspecified atom stereocenters. The zero-order valence-corrected chi connectivity index (χ0v) is 14.1. The maximum absolute atomic E-state index is 4.50. The zero-order chi connectivity index (χ0) is 14.5. The number of aryl methyl sites for hydroxylation is 1. The molecule has 0 bridgehead atoms. The van der Waals surface area contributed by atoms with Gasteiger partial charge in [0, 0.05) is 22.9 Å². The molecule has 1 atom stereocenters. The Labute approximate surface area is 130 Å². The van der Waals surface area contributed by atoms with E-state index in [1.165, 1.54) is 11.1 Å². The van der Waals surface area contributed by atoms with E-state index >= 15 is 0 Å². The van der Waals surface area contributed by atoms with Crippen LogP contribution >= 0.6 is 23.1 Å². The van der Waals surface area contributed by atoms with Crippen LogP contribution in [-0.2, 0) is 0 Å². The first-order valence-corrected chi connectivity index (χ1v) is 8.78. The Kier molecular flexibility index (Phi) is 5.64. The lowest BCUT2D eigenvalue weighted by molar-refractivity contribution is 0.661. The first-order valence-electron chi connectivity index (χ1n) is 6.92. The van der Waals surface area contributed by atoms with Crippen molar-refractivity contribution < 1.29 is 0 Å². The van der Waals surface area contributed by atoms with Crippen molar-refractivity contribution in [1.82, 2.24) is 10.3 Å². The molecule has 0 aliphatic carbocycles. The fourth-order valence-electron chi connectivity index (χ4n) is 2.01. The average Bonchev–Trinajstić information content (AvgIpc) is 2.86. The van der Waals surface area contributed by atoms with Crippen molar-refractivity contribution in [2.75, 3.05) is 12.8 Å². The Morgan fingerprint density at radius 2 is 1.85 bits per heavy atom. The lowest BCUT2D eigenvalue weighted by atomic mass is 10.00. The van der Waals surface area contributed by atoms with E-state index in [9.17, 15) is 0 Å². The van der Waals surface area contributed by atoms with Gasteiger partial charge in [0.25, 0.3) is 0 Å². The van der Waals surface area contributed by atoms with Crippen LogP contribution in [0.1, 0.15) is 42.6 Å². The highest BCUT2D eigenvalue weighted by Crippen LogP contribution is 2.27. The molecule has 0 amide bonds. The minimum atomic E-state index is 0.366. The number of thiazole rings is 1. The number of nitrogens with one attached hydrogen (secondary N) is 1. The molecule has 1 aromatic heterocycles. The van der Waals surface area contributed by atoms with Gasteiger partial charge in [0.1, 0.15) is 4.34 Å². The highest BCUT2D eigenvalue weighted by Gasteiger charge is 2.11. The molecule has 1 aromatic carbocycles. The Bertz CT molecular complexity index is 532. The Morgan fingerprint density at radius 3 is 2.35 bits per heavy atom. The SMILES string of the molecule is CNC(CSc1nc(C)cs1)c1ccc(C(C)C)cc1. The molecule has 0 aliphatic rings. The molecule has 0 saturated heterocycles. The molecule has 2 aromatic rings. The standard InChI is InChI=1S/C16H22N2S2/c1-11(2)13-5-7-14(8-6-13)15(17-4)10-20-16-18-12(3)9-19-16/h5-9,11,15,17H,10H2,1-4H3. The van der Waals surface area contributed by atoms with Crippen molar-refractivity contribution in [3.63, 3.8) is 0 Å². The zero-order valence-electron chi connectivity index (χ0n) is 12.5. The smallest absolute Gasteiger partial charge is 0.150 e. The van der Waals surface area contributed by atoms with Gasteiger partial charge in [0.15, 0.2) is 0 Å². The summed E-state index contributed by atoms with van der Waals surface area (Å²) < 4.78 is 1.15. The number of aromatic nitrogens is 1. The molecule has 0 saturated carbocycles. The molecule has 2 rings (SSSR count). The van der Waals surface area contributed by atoms with E-state index in [0.717, 1.165) is 15.8 Å². The third-order valence-corrected chi connectivity index (χ3v) is 5.56. The van der Waals surface area contributed by atoms with Gasteiger partial charge < -0.3 is 5.32 Å². The lowest BCUT2D eigenvalue weighted by Gasteiger charge is -2.16. The van der Waals surface area contributed by atoms with Gasteiger partial charge in [-0.05, 0) is 31.0 Å². The van der Waals surface area contributed by atoms with Crippen LogP contribution in [0.3, 0.4) is 0 Å². The minimum absolute atomic E-state index is 0.366. The third-order valence-electron chi connectivity index (χ3n) is 3.33. The van der Waals surface area contributed by atoms with Crippen molar-refractivity contribution >= 4 is 23.1 Å². The lowest BCUT2D eigenvalue weighted by Crippen LogP contribution is -2.18. The van der Waals surface area contributed by atoms with Crippen LogP contribution in [0.15, 0.2) is 34.0 Å². The normalized spacial score (nSPS) is 12.8. The summed E-state index contributed by atoms with van der Waals surface area (Å²) in [5, 5.41) is 5.51. The Morgan fingerprint density at radius 1 is 1.20 bits per heavy atom. The summed E-state index contributed by atoms with van der Waals surface area (Å²) in [4.78, 5) is 4.50. The fraction of sp³-hybridized carbons (Fsp3) is 0.438. The molecule has 4 heteroatoms. The van der Waals surface area contributed by atoms with Gasteiger partial charge in [0.05, 0.1) is 0 Å². The van der Waals surface area contributed by atoms with Crippen LogP contribution in [0.2, 0.25) is 0 Å². The maximum Gasteiger partial charge on any atom is 0.150 e. The largest absolute Gasteiger partial charge is 0.312 e. The average molecular weight is 307 g/mol. The molecule has 0 fully saturated rings. The first-order chi connectivity index (χ1) is 9.60. The van der Waals surface area contributed by atoms with Crippen molar-refractivity contribution in [3.8, 4) is 0 Å². The van der Waals surface area contributed by atoms with Gasteiger partial charge >= 0.3 is 0 Å². The molecule has 108 valence electrons. The van der Waals surface area contributed by atoms with E-state index in [-0.39, 0.29) is 0 Å². The number of hydrogen-bond donors (Lipinski definition) is 1. The summed E-state index contributed by atoms with van der Waals surface area (Å²) in [6.07, 6.45) is 0. The Hall–Kier alpha value is -0.840. The highest BCUT2D eigenvalue weighted by molar-refractivity contribution is 8.01. The van der Waals surface area contributed by atoms with Crippen LogP contribution in [0.25, 0.3) is 0 Å². The molecular weight excluding hydrogens is 284 g/mol. The van der Waals surface area contributed by atoms with Crippen LogP contribution in [0.5, 0.6) is 0 Å². The number of nitrogens with zero attached hydrogens (tertiary/aromatic N) is 1. The molecular formula is C16H22N2S2. The summed E-state index contributed by atoms with van der Waals surface area (Å²) in [5.41, 5.74) is 3.85. The Balaban J connectivity index is 2.00. The van der Waals surface area contributed by atoms with Crippen molar-refractivity contribution in [1.29, 1.82) is 0 Å². The molecule has 20 heavy (non-hydrogen) atoms. The van der Waals surface area contributed by atoms with Gasteiger partial charge in [-0.15, -0.1) is 11.3 Å². The molecule has 0 aliphatic heterocycles. The predicted molar refractivity (Wildman–Crippen MR) is 89.9 cm³/mol. The number of benzene rings is 1. The molecule has 0 spiro atoms. The second-order valence-corrected chi connectivity index (χ2v) is 7.35. The second kappa shape index (κ2) is 7.25. The maximum atomic E-state index is 4.50. The van der Waals surface area contributed by atoms with Crippen LogP contribution in [0, 0.1) is 6.92 Å². The van der Waals surface area contributed by atoms with Crippen LogP contribution in [0.4, 0.5) is 0 Å². The monoisotopic (exact) mass is 306 g/mol. The minimum Gasteiger partial charge on any atom is -0.312 e. The summed E-state index contributed by atoms with van der Waals surface area (Å²) in [6, 6.07) is 9.32. The van der Waals surface area contributed by atoms with Gasteiger partial charge in [-0.3, -0.25) is 0 Å². The number of thioether (sulfide) groups is 1. The van der Waals surface area contributed by atoms with Crippen LogP contribution < -0.4 is 5.32 Å². The van der Waals surface area contributed by atoms with Gasteiger partial charge in [-0.2, -0.15) is 0 Å². The third kappa shape index (κ3) is 4.08. The van der Waals surface area contributed by atoms with Gasteiger partial charge in [-0.25, -0.2) is 4.98 Å². The van der Waals surface area contributed by atoms with Gasteiger partial charge in [0.2, 0.25) is 0 Å². The van der Waals surface area contributed by atoms with Crippen LogP contribution in [-0.4, -0.2) is 17.8 Å². The van der Waals surface area contributed by atoms with E-state index in [2.05, 4.69) is 53.8 Å². The quantitative estimate of drug-likeness (QED) is 0.788. The molecule has 1 heterocycles. The molecule has 0 radical (unpaired) electrons. The van der Waals surface area contributed by atoms with E-state index in [1.54, 1.807) is 11.3 Å². The molecule has 2 nitrogen and oxygen atoms in total. The summed E-state index contributed by atoms with van der Waals surface area (Å²) in [5.74, 6) is 1.59. The first kappa shape index (κ1) is 15.5. The van der Waals surface area contributed by atoms with Gasteiger partial charge in [-0.1, -0.05) is 49.9 Å². The summed E-state index contributed by atoms with van der Waals surface area (Å²) in [7, 11) is 2.02. The van der Waals surface area contributed by atoms with Crippen molar-refractivity contribution in [2.24, 2.45) is 0 Å². The summed E-state index contributed by atoms with van der Waals surface area (Å²) in [6.45, 7) is 6.50. The van der Waals surface area contributed by atoms with E-state index in [4.69, 9.17) is 0 Å². The predicted octanol–water partition coefficient (Wildman–Crippen LogP) is 4.63. The van der Waals surface area contributed by atoms with Crippen molar-refractivity contribution in [2.45, 2.75) is 37.1 Å². The van der Waals surface area contributed by atoms with E-state index in [1.807, 2.05) is 25.7 Å². The second-order valence-electron chi connectivity index (χ2n) is 5.23. The number of hydrogen-bond acceptors (Lipinski definition) is 4. The van der Waals surface area contributed by atoms with Crippen molar-refractivity contribution in [3.05, 3.63) is 46.5 Å². The fourth-order valence-corrected chi connectivity index (χ4v) is 4.03. The highest BCUT2D eigenvalue weighted by atomic mass is 32.2.